The second kappa shape index (κ2) is 6.49. The van der Waals surface area contributed by atoms with Gasteiger partial charge in [0.2, 0.25) is 0 Å². The van der Waals surface area contributed by atoms with Crippen LogP contribution in [0.2, 0.25) is 0 Å². The van der Waals surface area contributed by atoms with Gasteiger partial charge in [-0.25, -0.2) is 0 Å². The number of hydrogen-bond acceptors (Lipinski definition) is 4. The van der Waals surface area contributed by atoms with Crippen molar-refractivity contribution in [1.29, 1.82) is 0 Å². The van der Waals surface area contributed by atoms with Crippen LogP contribution in [-0.4, -0.2) is 30.8 Å². The van der Waals surface area contributed by atoms with E-state index >= 15 is 0 Å². The van der Waals surface area contributed by atoms with E-state index in [4.69, 9.17) is 4.74 Å². The number of carbonyl (C=O) groups excluding carboxylic acids is 1. The first kappa shape index (κ1) is 16.3. The molecule has 0 aliphatic carbocycles. The number of phenolic OH excluding ortho intramolecular Hbond substituents is 1. The van der Waals surface area contributed by atoms with Gasteiger partial charge >= 0.3 is 0 Å². The van der Waals surface area contributed by atoms with Crippen molar-refractivity contribution in [1.82, 2.24) is 5.32 Å². The minimum absolute atomic E-state index is 0.0362. The summed E-state index contributed by atoms with van der Waals surface area (Å²) in [4.78, 5) is 12.4. The highest BCUT2D eigenvalue weighted by Crippen LogP contribution is 2.34. The number of fused-ring (bicyclic) bond motifs is 1. The molecule has 0 bridgehead atoms. The highest BCUT2D eigenvalue weighted by molar-refractivity contribution is 7.17. The molecule has 23 heavy (non-hydrogen) atoms. The fourth-order valence-corrected chi connectivity index (χ4v) is 4.06. The van der Waals surface area contributed by atoms with Crippen LogP contribution in [0.5, 0.6) is 5.75 Å². The molecule has 0 saturated carbocycles. The van der Waals surface area contributed by atoms with E-state index in [1.54, 1.807) is 6.07 Å². The van der Waals surface area contributed by atoms with Gasteiger partial charge in [-0.1, -0.05) is 13.8 Å². The molecule has 1 amide bonds. The van der Waals surface area contributed by atoms with Gasteiger partial charge in [0.1, 0.15) is 5.75 Å². The Balaban J connectivity index is 1.68. The van der Waals surface area contributed by atoms with Crippen LogP contribution in [0.3, 0.4) is 0 Å². The summed E-state index contributed by atoms with van der Waals surface area (Å²) in [5, 5.41) is 15.8. The molecule has 1 aromatic carbocycles. The standard InChI is InChI=1S/C18H23NO3S/c1-18(2,13-3-6-22-7-4-13)11-19-17(21)12-9-15(20)14-5-8-23-16(14)10-12/h5,8-10,13,20H,3-4,6-7,11H2,1-2H3,(H,19,21). The Labute approximate surface area is 140 Å². The van der Waals surface area contributed by atoms with E-state index in [1.807, 2.05) is 17.5 Å². The molecule has 4 nitrogen and oxygen atoms in total. The molecular weight excluding hydrogens is 310 g/mol. The number of amides is 1. The zero-order chi connectivity index (χ0) is 16.4. The number of aromatic hydroxyl groups is 1. The van der Waals surface area contributed by atoms with Crippen LogP contribution in [-0.2, 0) is 4.74 Å². The van der Waals surface area contributed by atoms with Crippen LogP contribution in [0.1, 0.15) is 37.0 Å². The SMILES string of the molecule is CC(C)(CNC(=O)c1cc(O)c2ccsc2c1)C1CCOCC1. The third-order valence-corrected chi connectivity index (χ3v) is 5.71. The van der Waals surface area contributed by atoms with Gasteiger partial charge in [0.25, 0.3) is 5.91 Å². The molecule has 1 aliphatic heterocycles. The molecule has 0 atom stereocenters. The summed E-state index contributed by atoms with van der Waals surface area (Å²) >= 11 is 1.53. The van der Waals surface area contributed by atoms with E-state index in [1.165, 1.54) is 11.3 Å². The highest BCUT2D eigenvalue weighted by atomic mass is 32.1. The average Bonchev–Trinajstić information content (AvgIpc) is 3.02. The summed E-state index contributed by atoms with van der Waals surface area (Å²) in [5.74, 6) is 0.595. The molecule has 5 heteroatoms. The van der Waals surface area contributed by atoms with E-state index in [0.717, 1.165) is 36.1 Å². The molecule has 1 aromatic heterocycles. The highest BCUT2D eigenvalue weighted by Gasteiger charge is 2.31. The zero-order valence-corrected chi connectivity index (χ0v) is 14.4. The van der Waals surface area contributed by atoms with E-state index in [2.05, 4.69) is 19.2 Å². The Hall–Kier alpha value is -1.59. The molecule has 124 valence electrons. The minimum atomic E-state index is -0.129. The van der Waals surface area contributed by atoms with E-state index in [-0.39, 0.29) is 17.1 Å². The van der Waals surface area contributed by atoms with Crippen molar-refractivity contribution in [3.05, 3.63) is 29.1 Å². The van der Waals surface area contributed by atoms with Crippen LogP contribution < -0.4 is 5.32 Å². The van der Waals surface area contributed by atoms with E-state index in [9.17, 15) is 9.90 Å². The number of benzene rings is 1. The Morgan fingerprint density at radius 1 is 1.39 bits per heavy atom. The number of rotatable bonds is 4. The van der Waals surface area contributed by atoms with Gasteiger partial charge in [-0.05, 0) is 47.8 Å². The lowest BCUT2D eigenvalue weighted by Crippen LogP contribution is -2.40. The lowest BCUT2D eigenvalue weighted by Gasteiger charge is -2.37. The van der Waals surface area contributed by atoms with E-state index < -0.39 is 0 Å². The van der Waals surface area contributed by atoms with Crippen molar-refractivity contribution >= 4 is 27.3 Å². The molecule has 1 saturated heterocycles. The predicted molar refractivity (Wildman–Crippen MR) is 93.1 cm³/mol. The third kappa shape index (κ3) is 3.51. The molecule has 3 rings (SSSR count). The Bertz CT molecular complexity index is 701. The summed E-state index contributed by atoms with van der Waals surface area (Å²) in [5.41, 5.74) is 0.550. The number of carbonyl (C=O) groups is 1. The van der Waals surface area contributed by atoms with Crippen LogP contribution in [0.15, 0.2) is 23.6 Å². The first-order chi connectivity index (χ1) is 11.0. The van der Waals surface area contributed by atoms with Gasteiger partial charge < -0.3 is 15.2 Å². The molecule has 2 N–H and O–H groups in total. The quantitative estimate of drug-likeness (QED) is 0.895. The maximum atomic E-state index is 12.4. The summed E-state index contributed by atoms with van der Waals surface area (Å²) in [6.07, 6.45) is 2.09. The Morgan fingerprint density at radius 3 is 2.87 bits per heavy atom. The number of phenols is 1. The first-order valence-electron chi connectivity index (χ1n) is 8.03. The number of ether oxygens (including phenoxy) is 1. The van der Waals surface area contributed by atoms with Crippen molar-refractivity contribution in [3.8, 4) is 5.75 Å². The molecular formula is C18H23NO3S. The van der Waals surface area contributed by atoms with Crippen LogP contribution >= 0.6 is 11.3 Å². The van der Waals surface area contributed by atoms with Crippen molar-refractivity contribution in [3.63, 3.8) is 0 Å². The lowest BCUT2D eigenvalue weighted by atomic mass is 9.74. The maximum absolute atomic E-state index is 12.4. The van der Waals surface area contributed by atoms with Crippen molar-refractivity contribution in [2.24, 2.45) is 11.3 Å². The average molecular weight is 333 g/mol. The summed E-state index contributed by atoms with van der Waals surface area (Å²) < 4.78 is 6.35. The monoisotopic (exact) mass is 333 g/mol. The van der Waals surface area contributed by atoms with Gasteiger partial charge in [0.05, 0.1) is 0 Å². The predicted octanol–water partition coefficient (Wildman–Crippen LogP) is 3.79. The van der Waals surface area contributed by atoms with Crippen LogP contribution in [0.25, 0.3) is 10.1 Å². The molecule has 2 aromatic rings. The molecule has 0 spiro atoms. The molecule has 1 fully saturated rings. The van der Waals surface area contributed by atoms with Gasteiger partial charge in [-0.15, -0.1) is 11.3 Å². The van der Waals surface area contributed by atoms with E-state index in [0.29, 0.717) is 18.0 Å². The Kier molecular flexibility index (Phi) is 4.60. The third-order valence-electron chi connectivity index (χ3n) is 4.84. The summed E-state index contributed by atoms with van der Waals surface area (Å²) in [7, 11) is 0. The first-order valence-corrected chi connectivity index (χ1v) is 8.91. The summed E-state index contributed by atoms with van der Waals surface area (Å²) in [6.45, 7) is 6.64. The molecule has 1 aliphatic rings. The fourth-order valence-electron chi connectivity index (χ4n) is 3.22. The second-order valence-corrected chi connectivity index (χ2v) is 7.83. The smallest absolute Gasteiger partial charge is 0.251 e. The van der Waals surface area contributed by atoms with Crippen molar-refractivity contribution < 1.29 is 14.6 Å². The maximum Gasteiger partial charge on any atom is 0.251 e. The van der Waals surface area contributed by atoms with Crippen molar-refractivity contribution in [2.75, 3.05) is 19.8 Å². The van der Waals surface area contributed by atoms with Crippen molar-refractivity contribution in [2.45, 2.75) is 26.7 Å². The molecule has 2 heterocycles. The van der Waals surface area contributed by atoms with Gasteiger partial charge in [-0.2, -0.15) is 0 Å². The summed E-state index contributed by atoms with van der Waals surface area (Å²) in [6, 6.07) is 5.26. The molecule has 0 radical (unpaired) electrons. The largest absolute Gasteiger partial charge is 0.507 e. The topological polar surface area (TPSA) is 58.6 Å². The number of thiophene rings is 1. The normalized spacial score (nSPS) is 16.6. The van der Waals surface area contributed by atoms with Gasteiger partial charge in [-0.3, -0.25) is 4.79 Å². The fraction of sp³-hybridized carbons (Fsp3) is 0.500. The van der Waals surface area contributed by atoms with Crippen LogP contribution in [0, 0.1) is 11.3 Å². The van der Waals surface area contributed by atoms with Gasteiger partial charge in [0.15, 0.2) is 0 Å². The number of hydrogen-bond donors (Lipinski definition) is 2. The van der Waals surface area contributed by atoms with Gasteiger partial charge in [0, 0.05) is 35.4 Å². The lowest BCUT2D eigenvalue weighted by molar-refractivity contribution is 0.0228. The number of nitrogens with one attached hydrogen (secondary N) is 1. The second-order valence-electron chi connectivity index (χ2n) is 6.89. The zero-order valence-electron chi connectivity index (χ0n) is 13.6. The molecule has 0 unspecified atom stereocenters. The van der Waals surface area contributed by atoms with Crippen LogP contribution in [0.4, 0.5) is 0 Å². The Morgan fingerprint density at radius 2 is 2.13 bits per heavy atom. The minimum Gasteiger partial charge on any atom is -0.507 e.